The van der Waals surface area contributed by atoms with Crippen LogP contribution in [0.3, 0.4) is 0 Å². The Morgan fingerprint density at radius 1 is 1.82 bits per heavy atom. The van der Waals surface area contributed by atoms with Crippen LogP contribution in [0.2, 0.25) is 0 Å². The minimum atomic E-state index is -0.440. The molecule has 0 radical (unpaired) electrons. The summed E-state index contributed by atoms with van der Waals surface area (Å²) in [5.74, 6) is -0.440. The Morgan fingerprint density at radius 3 is 3.18 bits per heavy atom. The largest absolute Gasteiger partial charge is 0.472 e. The first-order valence-corrected chi connectivity index (χ1v) is 3.02. The molecule has 0 aliphatic carbocycles. The lowest BCUT2D eigenvalue weighted by Gasteiger charge is -1.85. The molecule has 4 heteroatoms. The van der Waals surface area contributed by atoms with Crippen molar-refractivity contribution in [1.82, 2.24) is 0 Å². The lowest BCUT2D eigenvalue weighted by atomic mass is 10.4. The van der Waals surface area contributed by atoms with Crippen molar-refractivity contribution >= 4 is 12.2 Å². The maximum atomic E-state index is 10.2. The molecular weight excluding hydrogens is 146 g/mol. The zero-order valence-corrected chi connectivity index (χ0v) is 5.98. The monoisotopic (exact) mass is 153 g/mol. The Morgan fingerprint density at radius 2 is 2.64 bits per heavy atom. The van der Waals surface area contributed by atoms with E-state index in [1.165, 1.54) is 25.7 Å². The summed E-state index contributed by atoms with van der Waals surface area (Å²) in [5, 5.41) is 3.38. The van der Waals surface area contributed by atoms with Gasteiger partial charge in [-0.3, -0.25) is 0 Å². The van der Waals surface area contributed by atoms with E-state index in [-0.39, 0.29) is 0 Å². The molecule has 0 amide bonds. The number of carbonyl (C=O) groups is 1. The summed E-state index contributed by atoms with van der Waals surface area (Å²) in [6, 6.07) is 1.70. The van der Waals surface area contributed by atoms with E-state index in [2.05, 4.69) is 9.99 Å². The second kappa shape index (κ2) is 3.55. The summed E-state index contributed by atoms with van der Waals surface area (Å²) < 4.78 is 4.74. The number of nitrogens with zero attached hydrogens (tertiary/aromatic N) is 1. The van der Waals surface area contributed by atoms with E-state index in [9.17, 15) is 4.79 Å². The molecule has 11 heavy (non-hydrogen) atoms. The maximum absolute atomic E-state index is 10.2. The van der Waals surface area contributed by atoms with Crippen LogP contribution in [0.5, 0.6) is 0 Å². The van der Waals surface area contributed by atoms with Crippen molar-refractivity contribution in [2.24, 2.45) is 5.16 Å². The van der Waals surface area contributed by atoms with Crippen LogP contribution in [0, 0.1) is 0 Å². The smallest absolute Gasteiger partial charge is 0.331 e. The molecule has 0 unspecified atom stereocenters. The summed E-state index contributed by atoms with van der Waals surface area (Å²) in [4.78, 5) is 14.5. The number of carbonyl (C=O) groups excluding carboxylic acids is 1. The molecule has 0 saturated carbocycles. The van der Waals surface area contributed by atoms with Gasteiger partial charge in [0.05, 0.1) is 18.7 Å². The van der Waals surface area contributed by atoms with Gasteiger partial charge >= 0.3 is 5.97 Å². The molecule has 0 aliphatic heterocycles. The highest BCUT2D eigenvalue weighted by Gasteiger charge is 1.89. The topological polar surface area (TPSA) is 51.8 Å². The van der Waals surface area contributed by atoms with Gasteiger partial charge in [-0.15, -0.1) is 0 Å². The molecule has 4 nitrogen and oxygen atoms in total. The van der Waals surface area contributed by atoms with Crippen molar-refractivity contribution in [3.63, 3.8) is 0 Å². The van der Waals surface area contributed by atoms with Crippen LogP contribution in [0.1, 0.15) is 12.5 Å². The first-order valence-electron chi connectivity index (χ1n) is 3.02. The minimum Gasteiger partial charge on any atom is -0.472 e. The number of rotatable bonds is 2. The molecule has 1 aromatic heterocycles. The van der Waals surface area contributed by atoms with Gasteiger partial charge in [-0.2, -0.15) is 0 Å². The molecule has 0 N–H and O–H groups in total. The van der Waals surface area contributed by atoms with Crippen molar-refractivity contribution in [3.8, 4) is 0 Å². The summed E-state index contributed by atoms with van der Waals surface area (Å²) in [6.07, 6.45) is 4.40. The normalized spacial score (nSPS) is 10.3. The number of furan rings is 1. The van der Waals surface area contributed by atoms with Gasteiger partial charge in [0.2, 0.25) is 0 Å². The van der Waals surface area contributed by atoms with Gasteiger partial charge in [-0.25, -0.2) is 4.79 Å². The quantitative estimate of drug-likeness (QED) is 0.364. The fourth-order valence-corrected chi connectivity index (χ4v) is 0.510. The van der Waals surface area contributed by atoms with Crippen LogP contribution in [-0.2, 0) is 9.63 Å². The summed E-state index contributed by atoms with van der Waals surface area (Å²) in [5.41, 5.74) is 0.756. The molecule has 0 fully saturated rings. The molecule has 1 heterocycles. The molecular formula is C7H7NO3. The van der Waals surface area contributed by atoms with Gasteiger partial charge in [0.25, 0.3) is 0 Å². The van der Waals surface area contributed by atoms with E-state index < -0.39 is 5.97 Å². The van der Waals surface area contributed by atoms with E-state index in [1.807, 2.05) is 0 Å². The Balaban J connectivity index is 2.43. The van der Waals surface area contributed by atoms with Gasteiger partial charge < -0.3 is 9.25 Å². The average molecular weight is 153 g/mol. The highest BCUT2D eigenvalue weighted by atomic mass is 16.7. The zero-order valence-electron chi connectivity index (χ0n) is 5.98. The Bertz CT molecular complexity index is 251. The Hall–Kier alpha value is -1.58. The SMILES string of the molecule is CC(=O)ON=Cc1ccoc1. The third-order valence-corrected chi connectivity index (χ3v) is 0.926. The standard InChI is InChI=1S/C7H7NO3/c1-6(9)11-8-4-7-2-3-10-5-7/h2-5H,1H3. The van der Waals surface area contributed by atoms with Crippen molar-refractivity contribution in [1.29, 1.82) is 0 Å². The molecule has 0 aromatic carbocycles. The first-order chi connectivity index (χ1) is 5.29. The Kier molecular flexibility index (Phi) is 2.43. The lowest BCUT2D eigenvalue weighted by Crippen LogP contribution is -1.90. The fraction of sp³-hybridized carbons (Fsp3) is 0.143. The van der Waals surface area contributed by atoms with Crippen LogP contribution in [0.15, 0.2) is 28.2 Å². The van der Waals surface area contributed by atoms with Crippen molar-refractivity contribution in [3.05, 3.63) is 24.2 Å². The predicted molar refractivity (Wildman–Crippen MR) is 38.1 cm³/mol. The molecule has 0 atom stereocenters. The number of hydrogen-bond donors (Lipinski definition) is 0. The minimum absolute atomic E-state index is 0.440. The molecule has 0 spiro atoms. The van der Waals surface area contributed by atoms with Crippen molar-refractivity contribution < 1.29 is 14.0 Å². The zero-order chi connectivity index (χ0) is 8.10. The first kappa shape index (κ1) is 7.53. The maximum Gasteiger partial charge on any atom is 0.331 e. The van der Waals surface area contributed by atoms with E-state index in [1.54, 1.807) is 6.07 Å². The van der Waals surface area contributed by atoms with E-state index in [0.29, 0.717) is 0 Å². The lowest BCUT2D eigenvalue weighted by molar-refractivity contribution is -0.140. The molecule has 0 aliphatic rings. The summed E-state index contributed by atoms with van der Waals surface area (Å²) in [6.45, 7) is 1.28. The van der Waals surface area contributed by atoms with Crippen LogP contribution in [-0.4, -0.2) is 12.2 Å². The number of oxime groups is 1. The fourth-order valence-electron chi connectivity index (χ4n) is 0.510. The Labute approximate surface area is 63.4 Å². The molecule has 1 rings (SSSR count). The molecule has 0 bridgehead atoms. The van der Waals surface area contributed by atoms with E-state index in [0.717, 1.165) is 5.56 Å². The second-order valence-electron chi connectivity index (χ2n) is 1.87. The van der Waals surface area contributed by atoms with E-state index in [4.69, 9.17) is 4.42 Å². The van der Waals surface area contributed by atoms with Crippen LogP contribution in [0.4, 0.5) is 0 Å². The van der Waals surface area contributed by atoms with Crippen LogP contribution in [0.25, 0.3) is 0 Å². The van der Waals surface area contributed by atoms with Gasteiger partial charge in [0.15, 0.2) is 0 Å². The third-order valence-electron chi connectivity index (χ3n) is 0.926. The summed E-state index contributed by atoms with van der Waals surface area (Å²) >= 11 is 0. The van der Waals surface area contributed by atoms with Gasteiger partial charge in [0.1, 0.15) is 0 Å². The second-order valence-corrected chi connectivity index (χ2v) is 1.87. The average Bonchev–Trinajstić information content (AvgIpc) is 2.39. The third kappa shape index (κ3) is 2.66. The number of hydrogen-bond acceptors (Lipinski definition) is 4. The molecule has 58 valence electrons. The van der Waals surface area contributed by atoms with E-state index >= 15 is 0 Å². The van der Waals surface area contributed by atoms with Crippen molar-refractivity contribution in [2.45, 2.75) is 6.92 Å². The van der Waals surface area contributed by atoms with Crippen molar-refractivity contribution in [2.75, 3.05) is 0 Å². The van der Waals surface area contributed by atoms with Crippen LogP contribution >= 0.6 is 0 Å². The molecule has 0 saturated heterocycles. The van der Waals surface area contributed by atoms with Crippen LogP contribution < -0.4 is 0 Å². The molecule has 1 aromatic rings. The highest BCUT2D eigenvalue weighted by molar-refractivity contribution is 5.79. The van der Waals surface area contributed by atoms with Gasteiger partial charge in [-0.1, -0.05) is 5.16 Å². The summed E-state index contributed by atoms with van der Waals surface area (Å²) in [7, 11) is 0. The predicted octanol–water partition coefficient (Wildman–Crippen LogP) is 1.18. The highest BCUT2D eigenvalue weighted by Crippen LogP contribution is 1.95. The van der Waals surface area contributed by atoms with Gasteiger partial charge in [0, 0.05) is 12.5 Å². The van der Waals surface area contributed by atoms with Gasteiger partial charge in [-0.05, 0) is 6.07 Å².